The molecule has 4 rings (SSSR count). The van der Waals surface area contributed by atoms with Gasteiger partial charge in [-0.3, -0.25) is 9.78 Å². The number of hydrogen-bond donors (Lipinski definition) is 1. The maximum absolute atomic E-state index is 13.1. The highest BCUT2D eigenvalue weighted by atomic mass is 16.2. The molecule has 1 aromatic heterocycles. The smallest absolute Gasteiger partial charge is 0.274 e. The van der Waals surface area contributed by atoms with E-state index in [0.29, 0.717) is 23.1 Å². The Morgan fingerprint density at radius 2 is 1.78 bits per heavy atom. The monoisotopic (exact) mass is 352 g/mol. The lowest BCUT2D eigenvalue weighted by molar-refractivity contribution is 0.0708. The molecule has 27 heavy (non-hydrogen) atoms. The second kappa shape index (κ2) is 7.07. The van der Waals surface area contributed by atoms with Gasteiger partial charge in [0, 0.05) is 23.9 Å². The highest BCUT2D eigenvalue weighted by Gasteiger charge is 2.34. The summed E-state index contributed by atoms with van der Waals surface area (Å²) in [7, 11) is 5.74. The molecular formula is C21H17BN4O. The van der Waals surface area contributed by atoms with Crippen LogP contribution in [0.25, 0.3) is 0 Å². The third-order valence-corrected chi connectivity index (χ3v) is 4.55. The summed E-state index contributed by atoms with van der Waals surface area (Å²) in [6, 6.07) is 19.8. The van der Waals surface area contributed by atoms with E-state index in [-0.39, 0.29) is 11.9 Å². The van der Waals surface area contributed by atoms with Crippen LogP contribution in [-0.2, 0) is 0 Å². The lowest BCUT2D eigenvalue weighted by atomic mass is 9.95. The molecule has 1 aliphatic rings. The summed E-state index contributed by atoms with van der Waals surface area (Å²) in [6.45, 7) is 0. The molecule has 2 radical (unpaired) electrons. The number of carbonyl (C=O) groups excluding carboxylic acids is 1. The molecule has 0 fully saturated rings. The van der Waals surface area contributed by atoms with Crippen LogP contribution in [0.3, 0.4) is 0 Å². The number of anilines is 1. The van der Waals surface area contributed by atoms with Crippen molar-refractivity contribution >= 4 is 30.6 Å². The van der Waals surface area contributed by atoms with Crippen LogP contribution >= 0.6 is 0 Å². The van der Waals surface area contributed by atoms with Crippen LogP contribution in [0.15, 0.2) is 78.0 Å². The molecule has 0 bridgehead atoms. The van der Waals surface area contributed by atoms with Gasteiger partial charge in [-0.1, -0.05) is 35.8 Å². The maximum Gasteiger partial charge on any atom is 0.274 e. The summed E-state index contributed by atoms with van der Waals surface area (Å²) in [4.78, 5) is 17.5. The van der Waals surface area contributed by atoms with E-state index in [2.05, 4.69) is 10.1 Å². The number of hydrogen-bond acceptors (Lipinski definition) is 4. The van der Waals surface area contributed by atoms with Crippen molar-refractivity contribution in [2.24, 2.45) is 5.10 Å². The van der Waals surface area contributed by atoms with Crippen molar-refractivity contribution < 1.29 is 4.79 Å². The summed E-state index contributed by atoms with van der Waals surface area (Å²) in [6.07, 6.45) is 2.31. The number of nitrogens with two attached hydrogens (primary N) is 1. The normalized spacial score (nSPS) is 16.2. The first kappa shape index (κ1) is 17.0. The minimum Gasteiger partial charge on any atom is -0.399 e. The van der Waals surface area contributed by atoms with Crippen LogP contribution in [0, 0.1) is 0 Å². The molecule has 1 unspecified atom stereocenters. The van der Waals surface area contributed by atoms with Crippen molar-refractivity contribution in [1.82, 2.24) is 9.99 Å². The fraction of sp³-hybridized carbons (Fsp3) is 0.0952. The van der Waals surface area contributed by atoms with Crippen molar-refractivity contribution in [1.29, 1.82) is 0 Å². The molecule has 2 N–H and O–H groups in total. The Bertz CT molecular complexity index is 985. The molecule has 6 heteroatoms. The Kier molecular flexibility index (Phi) is 4.46. The summed E-state index contributed by atoms with van der Waals surface area (Å²) in [5.74, 6) is -0.184. The molecule has 3 aromatic rings. The number of hydrazone groups is 1. The second-order valence-corrected chi connectivity index (χ2v) is 6.41. The minimum absolute atomic E-state index is 0.184. The molecule has 1 atom stereocenters. The Hall–Kier alpha value is -3.41. The Labute approximate surface area is 158 Å². The van der Waals surface area contributed by atoms with Gasteiger partial charge >= 0.3 is 0 Å². The van der Waals surface area contributed by atoms with Gasteiger partial charge in [0.25, 0.3) is 5.91 Å². The van der Waals surface area contributed by atoms with Crippen molar-refractivity contribution in [2.45, 2.75) is 12.5 Å². The van der Waals surface area contributed by atoms with Gasteiger partial charge in [0.05, 0.1) is 11.4 Å². The van der Waals surface area contributed by atoms with E-state index in [4.69, 9.17) is 13.6 Å². The molecule has 0 saturated carbocycles. The van der Waals surface area contributed by atoms with E-state index in [9.17, 15) is 4.79 Å². The van der Waals surface area contributed by atoms with E-state index in [0.717, 1.165) is 17.0 Å². The van der Waals surface area contributed by atoms with Crippen molar-refractivity contribution in [3.63, 3.8) is 0 Å². The molecule has 130 valence electrons. The van der Waals surface area contributed by atoms with Gasteiger partial charge in [-0.2, -0.15) is 5.10 Å². The Morgan fingerprint density at radius 1 is 1.04 bits per heavy atom. The van der Waals surface area contributed by atoms with Crippen LogP contribution in [0.4, 0.5) is 5.69 Å². The lowest BCUT2D eigenvalue weighted by Gasteiger charge is -2.21. The van der Waals surface area contributed by atoms with E-state index < -0.39 is 0 Å². The minimum atomic E-state index is -0.260. The number of carbonyl (C=O) groups is 1. The molecule has 0 aliphatic carbocycles. The van der Waals surface area contributed by atoms with Gasteiger partial charge in [0.2, 0.25) is 0 Å². The first-order chi connectivity index (χ1) is 13.1. The predicted molar refractivity (Wildman–Crippen MR) is 107 cm³/mol. The van der Waals surface area contributed by atoms with Crippen LogP contribution in [0.1, 0.15) is 34.1 Å². The number of nitrogen functional groups attached to an aromatic ring is 1. The van der Waals surface area contributed by atoms with E-state index in [1.807, 2.05) is 42.5 Å². The second-order valence-electron chi connectivity index (χ2n) is 6.41. The SMILES string of the molecule is [B]c1ccc(C(=O)N2N=C(c3ccc(N)cc3)CC2c2ccccn2)cc1. The van der Waals surface area contributed by atoms with Gasteiger partial charge in [-0.05, 0) is 42.0 Å². The molecule has 1 aliphatic heterocycles. The predicted octanol–water partition coefficient (Wildman–Crippen LogP) is 2.45. The topological polar surface area (TPSA) is 71.6 Å². The molecule has 1 amide bonds. The largest absolute Gasteiger partial charge is 0.399 e. The van der Waals surface area contributed by atoms with Crippen LogP contribution in [0.5, 0.6) is 0 Å². The summed E-state index contributed by atoms with van der Waals surface area (Å²) in [5.41, 5.74) is 10.2. The fourth-order valence-electron chi connectivity index (χ4n) is 3.11. The number of rotatable bonds is 3. The van der Waals surface area contributed by atoms with E-state index in [1.54, 1.807) is 30.5 Å². The average Bonchev–Trinajstić information content (AvgIpc) is 3.15. The van der Waals surface area contributed by atoms with Crippen LogP contribution in [0.2, 0.25) is 0 Å². The Balaban J connectivity index is 1.72. The lowest BCUT2D eigenvalue weighted by Crippen LogP contribution is -2.27. The molecule has 5 nitrogen and oxygen atoms in total. The number of benzene rings is 2. The van der Waals surface area contributed by atoms with E-state index in [1.165, 1.54) is 5.01 Å². The standard InChI is InChI=1S/C21H17BN4O/c22-16-8-4-15(5-9-16)21(27)26-20(18-3-1-2-12-24-18)13-19(25-26)14-6-10-17(23)11-7-14/h1-12,20H,13,23H2. The Morgan fingerprint density at radius 3 is 2.44 bits per heavy atom. The molecular weight excluding hydrogens is 335 g/mol. The summed E-state index contributed by atoms with van der Waals surface area (Å²) in [5, 5.41) is 6.15. The quantitative estimate of drug-likeness (QED) is 0.581. The molecule has 2 heterocycles. The van der Waals surface area contributed by atoms with Gasteiger partial charge in [-0.15, -0.1) is 0 Å². The third-order valence-electron chi connectivity index (χ3n) is 4.55. The van der Waals surface area contributed by atoms with Crippen LogP contribution in [-0.4, -0.2) is 29.5 Å². The number of nitrogens with zero attached hydrogens (tertiary/aromatic N) is 3. The number of aromatic nitrogens is 1. The molecule has 0 spiro atoms. The maximum atomic E-state index is 13.1. The van der Waals surface area contributed by atoms with Gasteiger partial charge in [0.1, 0.15) is 13.9 Å². The summed E-state index contributed by atoms with van der Waals surface area (Å²) < 4.78 is 0. The highest BCUT2D eigenvalue weighted by Crippen LogP contribution is 2.33. The van der Waals surface area contributed by atoms with Gasteiger partial charge in [-0.25, -0.2) is 5.01 Å². The van der Waals surface area contributed by atoms with Crippen LogP contribution < -0.4 is 11.2 Å². The zero-order valence-corrected chi connectivity index (χ0v) is 14.6. The van der Waals surface area contributed by atoms with Gasteiger partial charge in [0.15, 0.2) is 0 Å². The fourth-order valence-corrected chi connectivity index (χ4v) is 3.11. The zero-order chi connectivity index (χ0) is 18.8. The molecule has 2 aromatic carbocycles. The summed E-state index contributed by atoms with van der Waals surface area (Å²) >= 11 is 0. The van der Waals surface area contributed by atoms with Crippen molar-refractivity contribution in [3.05, 3.63) is 89.7 Å². The third kappa shape index (κ3) is 3.46. The first-order valence-corrected chi connectivity index (χ1v) is 8.65. The van der Waals surface area contributed by atoms with Crippen molar-refractivity contribution in [3.8, 4) is 0 Å². The highest BCUT2D eigenvalue weighted by molar-refractivity contribution is 6.32. The van der Waals surface area contributed by atoms with E-state index >= 15 is 0 Å². The zero-order valence-electron chi connectivity index (χ0n) is 14.6. The first-order valence-electron chi connectivity index (χ1n) is 8.65. The van der Waals surface area contributed by atoms with Gasteiger partial charge < -0.3 is 5.73 Å². The molecule has 0 saturated heterocycles. The number of amides is 1. The number of pyridine rings is 1. The average molecular weight is 352 g/mol. The van der Waals surface area contributed by atoms with Crippen molar-refractivity contribution in [2.75, 3.05) is 5.73 Å².